The molecule has 2 aromatic rings. The summed E-state index contributed by atoms with van der Waals surface area (Å²) < 4.78 is 19.9. The summed E-state index contributed by atoms with van der Waals surface area (Å²) in [4.78, 5) is 72.4. The topological polar surface area (TPSA) is 195 Å². The van der Waals surface area contributed by atoms with Crippen LogP contribution in [0.5, 0.6) is 0 Å². The van der Waals surface area contributed by atoms with Gasteiger partial charge in [-0.05, 0) is 6.07 Å². The number of benzene rings is 1. The predicted octanol–water partition coefficient (Wildman–Crippen LogP) is 0.180. The lowest BCUT2D eigenvalue weighted by molar-refractivity contribution is -0.165. The van der Waals surface area contributed by atoms with E-state index in [1.807, 2.05) is 0 Å². The Morgan fingerprint density at radius 3 is 2.00 bits per heavy atom. The van der Waals surface area contributed by atoms with Gasteiger partial charge in [-0.3, -0.25) is 28.8 Å². The molecule has 0 bridgehead atoms. The first-order valence-corrected chi connectivity index (χ1v) is 10.0. The third kappa shape index (κ3) is 6.25. The van der Waals surface area contributed by atoms with Crippen LogP contribution in [0.4, 0.5) is 0 Å². The van der Waals surface area contributed by atoms with Crippen LogP contribution in [0, 0.1) is 0 Å². The smallest absolute Gasteiger partial charge is 0.320 e. The number of furan rings is 1. The molecule has 0 amide bonds. The number of carbonyl (C=O) groups is 6. The average Bonchev–Trinajstić information content (AvgIpc) is 3.30. The van der Waals surface area contributed by atoms with Crippen molar-refractivity contribution in [2.24, 2.45) is 11.5 Å². The average molecular weight is 488 g/mol. The molecule has 1 heterocycles. The first kappa shape index (κ1) is 27.1. The van der Waals surface area contributed by atoms with Crippen molar-refractivity contribution in [1.82, 2.24) is 0 Å². The van der Waals surface area contributed by atoms with Crippen molar-refractivity contribution in [3.8, 4) is 0 Å². The number of esters is 3. The van der Waals surface area contributed by atoms with Crippen LogP contribution in [0.25, 0.3) is 0 Å². The van der Waals surface area contributed by atoms with E-state index in [4.69, 9.17) is 30.1 Å². The molecule has 1 aromatic heterocycles. The minimum Gasteiger partial charge on any atom is -0.461 e. The number of ketones is 3. The zero-order valence-electron chi connectivity index (χ0n) is 17.7. The quantitative estimate of drug-likeness (QED) is 0.170. The van der Waals surface area contributed by atoms with Crippen molar-refractivity contribution < 1.29 is 47.4 Å². The normalized spacial score (nSPS) is 12.5. The summed E-state index contributed by atoms with van der Waals surface area (Å²) in [6.07, 6.45) is -1.96. The minimum atomic E-state index is -1.17. The van der Waals surface area contributed by atoms with Gasteiger partial charge in [-0.15, -0.1) is 0 Å². The van der Waals surface area contributed by atoms with Crippen LogP contribution in [-0.4, -0.2) is 67.7 Å². The van der Waals surface area contributed by atoms with E-state index in [9.17, 15) is 28.8 Å². The van der Waals surface area contributed by atoms with Gasteiger partial charge in [0.15, 0.2) is 23.4 Å². The van der Waals surface area contributed by atoms with E-state index < -0.39 is 74.1 Å². The molecule has 12 nitrogen and oxygen atoms in total. The van der Waals surface area contributed by atoms with E-state index in [0.29, 0.717) is 0 Å². The van der Waals surface area contributed by atoms with Crippen LogP contribution in [0.2, 0.25) is 0 Å². The Labute approximate surface area is 199 Å². The number of nitrogens with two attached hydrogens (primary N) is 2. The van der Waals surface area contributed by atoms with Crippen molar-refractivity contribution in [3.05, 3.63) is 58.5 Å². The molecule has 0 saturated carbocycles. The second kappa shape index (κ2) is 11.8. The number of hydrogen-bond acceptors (Lipinski definition) is 12. The van der Waals surface area contributed by atoms with E-state index in [0.717, 1.165) is 6.07 Å². The largest absolute Gasteiger partial charge is 0.461 e. The molecule has 1 atom stereocenters. The number of rotatable bonds is 10. The Morgan fingerprint density at radius 1 is 0.829 bits per heavy atom. The van der Waals surface area contributed by atoms with Gasteiger partial charge in [0.2, 0.25) is 11.6 Å². The van der Waals surface area contributed by atoms with Gasteiger partial charge < -0.3 is 30.1 Å². The molecule has 0 fully saturated rings. The third-order valence-electron chi connectivity index (χ3n) is 4.67. The molecule has 1 aliphatic carbocycles. The van der Waals surface area contributed by atoms with Gasteiger partial charge in [0, 0.05) is 11.1 Å². The molecule has 1 aromatic carbocycles. The molecule has 4 N–H and O–H groups in total. The van der Waals surface area contributed by atoms with E-state index in [1.54, 1.807) is 12.1 Å². The number of Topliss-reactive ketones (excluding diaryl/α,β-unsaturated/α-hetero) is 1. The number of carbonyl (C=O) groups excluding carboxylic acids is 6. The zero-order valence-corrected chi connectivity index (χ0v) is 17.7. The summed E-state index contributed by atoms with van der Waals surface area (Å²) in [6, 6.07) is 7.27. The van der Waals surface area contributed by atoms with Gasteiger partial charge in [-0.1, -0.05) is 31.7 Å². The fraction of sp³-hybridized carbons (Fsp3) is 0.304. The molecule has 3 rings (SSSR count). The second-order valence-electron chi connectivity index (χ2n) is 7.04. The van der Waals surface area contributed by atoms with Crippen molar-refractivity contribution in [1.29, 1.82) is 0 Å². The predicted molar refractivity (Wildman–Crippen MR) is 118 cm³/mol. The maximum atomic E-state index is 12.6. The maximum absolute atomic E-state index is 12.6. The molecule has 0 saturated heterocycles. The van der Waals surface area contributed by atoms with E-state index in [-0.39, 0.29) is 35.6 Å². The molecule has 1 unspecified atom stereocenters. The number of ether oxygens (including phenoxy) is 3. The fourth-order valence-corrected chi connectivity index (χ4v) is 3.06. The van der Waals surface area contributed by atoms with Crippen molar-refractivity contribution >= 4 is 35.3 Å². The molecule has 0 aliphatic heterocycles. The molecule has 1 aliphatic rings. The standard InChI is InChI=1S/C22H20N2O10.CH4/c23-7-18(27)32-10-11(33-19(28)8-24)9-31-17(26)6-15(25)16-5-14-20(29)12-3-1-2-4-13(12)21(30)22(14)34-16;/h1-5,11H,6-10,23-24H2;1H4. The Kier molecular flexibility index (Phi) is 9.14. The van der Waals surface area contributed by atoms with Crippen LogP contribution in [0.15, 0.2) is 34.7 Å². The summed E-state index contributed by atoms with van der Waals surface area (Å²) in [7, 11) is 0. The monoisotopic (exact) mass is 488 g/mol. The fourth-order valence-electron chi connectivity index (χ4n) is 3.06. The summed E-state index contributed by atoms with van der Waals surface area (Å²) in [5.41, 5.74) is 10.6. The first-order chi connectivity index (χ1) is 16.2. The highest BCUT2D eigenvalue weighted by Crippen LogP contribution is 2.30. The minimum absolute atomic E-state index is 0. The first-order valence-electron chi connectivity index (χ1n) is 10.0. The Balaban J connectivity index is 0.00000432. The van der Waals surface area contributed by atoms with E-state index in [2.05, 4.69) is 0 Å². The highest BCUT2D eigenvalue weighted by Gasteiger charge is 2.34. The van der Waals surface area contributed by atoms with Gasteiger partial charge >= 0.3 is 17.9 Å². The summed E-state index contributed by atoms with van der Waals surface area (Å²) in [6.45, 7) is -1.84. The van der Waals surface area contributed by atoms with Gasteiger partial charge in [0.05, 0.1) is 18.7 Å². The van der Waals surface area contributed by atoms with E-state index in [1.165, 1.54) is 12.1 Å². The Hall–Kier alpha value is -4.16. The van der Waals surface area contributed by atoms with Crippen molar-refractivity contribution in [2.45, 2.75) is 20.0 Å². The molecular weight excluding hydrogens is 464 g/mol. The Bertz CT molecular complexity index is 1110. The van der Waals surface area contributed by atoms with Gasteiger partial charge in [-0.25, -0.2) is 0 Å². The number of hydrogen-bond donors (Lipinski definition) is 2. The highest BCUT2D eigenvalue weighted by atomic mass is 16.6. The van der Waals surface area contributed by atoms with Crippen LogP contribution < -0.4 is 11.5 Å². The van der Waals surface area contributed by atoms with Crippen LogP contribution in [-0.2, 0) is 28.6 Å². The van der Waals surface area contributed by atoms with Crippen LogP contribution in [0.1, 0.15) is 56.4 Å². The van der Waals surface area contributed by atoms with Crippen molar-refractivity contribution in [3.63, 3.8) is 0 Å². The highest BCUT2D eigenvalue weighted by molar-refractivity contribution is 6.28. The summed E-state index contributed by atoms with van der Waals surface area (Å²) in [5, 5.41) is 0. The molecule has 186 valence electrons. The maximum Gasteiger partial charge on any atom is 0.320 e. The van der Waals surface area contributed by atoms with Gasteiger partial charge in [0.25, 0.3) is 0 Å². The molecular formula is C23H24N2O10. The SMILES string of the molecule is C.NCC(=O)OCC(COC(=O)CC(=O)c1cc2c(o1)C(=O)c1ccccc1C2=O)OC(=O)CN. The lowest BCUT2D eigenvalue weighted by Crippen LogP contribution is -2.34. The molecule has 0 spiro atoms. The number of fused-ring (bicyclic) bond motifs is 2. The van der Waals surface area contributed by atoms with Crippen molar-refractivity contribution in [2.75, 3.05) is 26.3 Å². The van der Waals surface area contributed by atoms with E-state index >= 15 is 0 Å². The summed E-state index contributed by atoms with van der Waals surface area (Å²) >= 11 is 0. The van der Waals surface area contributed by atoms with Gasteiger partial charge in [0.1, 0.15) is 19.6 Å². The summed E-state index contributed by atoms with van der Waals surface area (Å²) in [5.74, 6) is -5.14. The van der Waals surface area contributed by atoms with Crippen LogP contribution >= 0.6 is 0 Å². The third-order valence-corrected chi connectivity index (χ3v) is 4.67. The second-order valence-corrected chi connectivity index (χ2v) is 7.04. The molecule has 35 heavy (non-hydrogen) atoms. The molecule has 12 heteroatoms. The lowest BCUT2D eigenvalue weighted by atomic mass is 9.88. The molecule has 0 radical (unpaired) electrons. The Morgan fingerprint density at radius 2 is 1.40 bits per heavy atom. The zero-order chi connectivity index (χ0) is 24.8. The van der Waals surface area contributed by atoms with Crippen LogP contribution in [0.3, 0.4) is 0 Å². The lowest BCUT2D eigenvalue weighted by Gasteiger charge is -2.17. The van der Waals surface area contributed by atoms with Gasteiger partial charge in [-0.2, -0.15) is 0 Å².